The molecular weight excluding hydrogens is 446 g/mol. The zero-order valence-electron chi connectivity index (χ0n) is 20.1. The van der Waals surface area contributed by atoms with Crippen LogP contribution in [0.5, 0.6) is 0 Å². The molecule has 0 bridgehead atoms. The maximum atomic E-state index is 13.8. The number of ether oxygens (including phenoxy) is 3. The quantitative estimate of drug-likeness (QED) is 0.416. The van der Waals surface area contributed by atoms with Crippen LogP contribution in [-0.2, 0) is 33.8 Å². The molecule has 2 heterocycles. The number of carbonyl (C=O) groups excluding carboxylic acids is 2. The van der Waals surface area contributed by atoms with Crippen molar-refractivity contribution in [2.45, 2.75) is 64.1 Å². The summed E-state index contributed by atoms with van der Waals surface area (Å²) in [6.45, 7) is 7.45. The van der Waals surface area contributed by atoms with E-state index in [1.807, 2.05) is 44.2 Å². The van der Waals surface area contributed by atoms with Gasteiger partial charge in [0.2, 0.25) is 10.0 Å². The Hall–Kier alpha value is -1.97. The van der Waals surface area contributed by atoms with Crippen LogP contribution in [0.4, 0.5) is 0 Å². The predicted octanol–water partition coefficient (Wildman–Crippen LogP) is 3.08. The number of hydrogen-bond acceptors (Lipinski definition) is 7. The number of hydrogen-bond donors (Lipinski definition) is 0. The Morgan fingerprint density at radius 1 is 1.12 bits per heavy atom. The summed E-state index contributed by atoms with van der Waals surface area (Å²) in [6.07, 6.45) is 2.60. The van der Waals surface area contributed by atoms with E-state index >= 15 is 0 Å². The van der Waals surface area contributed by atoms with Crippen LogP contribution in [0.2, 0.25) is 0 Å². The van der Waals surface area contributed by atoms with E-state index in [0.29, 0.717) is 31.4 Å². The fraction of sp³-hybridized carbons (Fsp3) is 0.667. The first-order valence-corrected chi connectivity index (χ1v) is 13.5. The molecule has 0 N–H and O–H groups in total. The van der Waals surface area contributed by atoms with Crippen LogP contribution in [0.3, 0.4) is 0 Å². The second-order valence-electron chi connectivity index (χ2n) is 9.15. The molecule has 0 spiro atoms. The third-order valence-corrected chi connectivity index (χ3v) is 7.76. The summed E-state index contributed by atoms with van der Waals surface area (Å²) in [5, 5.41) is 0. The summed E-state index contributed by atoms with van der Waals surface area (Å²) in [5.74, 6) is -2.33. The Kier molecular flexibility index (Phi) is 7.55. The van der Waals surface area contributed by atoms with E-state index in [4.69, 9.17) is 14.2 Å². The maximum Gasteiger partial charge on any atom is 0.342 e. The third-order valence-electron chi connectivity index (χ3n) is 6.55. The molecule has 0 radical (unpaired) electrons. The van der Waals surface area contributed by atoms with Gasteiger partial charge in [-0.1, -0.05) is 44.2 Å². The monoisotopic (exact) mass is 481 g/mol. The lowest BCUT2D eigenvalue weighted by molar-refractivity contribution is -0.202. The van der Waals surface area contributed by atoms with Crippen LogP contribution in [-0.4, -0.2) is 61.9 Å². The van der Waals surface area contributed by atoms with E-state index in [0.717, 1.165) is 10.6 Å². The summed E-state index contributed by atoms with van der Waals surface area (Å²) in [4.78, 5) is 27.7. The Morgan fingerprint density at radius 3 is 2.18 bits per heavy atom. The molecule has 2 saturated heterocycles. The molecule has 8 nitrogen and oxygen atoms in total. The van der Waals surface area contributed by atoms with Crippen LogP contribution in [0.25, 0.3) is 0 Å². The highest BCUT2D eigenvalue weighted by atomic mass is 32.2. The molecule has 0 saturated carbocycles. The van der Waals surface area contributed by atoms with Crippen LogP contribution < -0.4 is 0 Å². The molecule has 184 valence electrons. The highest BCUT2D eigenvalue weighted by Crippen LogP contribution is 2.62. The van der Waals surface area contributed by atoms with Gasteiger partial charge in [0.15, 0.2) is 0 Å². The van der Waals surface area contributed by atoms with Gasteiger partial charge in [-0.15, -0.1) is 0 Å². The number of carbonyl (C=O) groups is 2. The van der Waals surface area contributed by atoms with Gasteiger partial charge in [0.25, 0.3) is 5.54 Å². The molecule has 33 heavy (non-hydrogen) atoms. The first kappa shape index (κ1) is 25.6. The standard InChI is InChI=1S/C24H35NO7S/c1-6-30-21(26)24(22(27)31-7-2)23(16-17(3)4)19(14-11-15-32-23)20(25(24)33(5,28)29)18-12-9-8-10-13-18/h8-10,12-13,17,19-20H,6-7,11,14-16H2,1-5H3/t19-,20+,23-/m1/s1. The van der Waals surface area contributed by atoms with E-state index in [1.54, 1.807) is 13.8 Å². The van der Waals surface area contributed by atoms with Gasteiger partial charge in [-0.05, 0) is 44.6 Å². The number of rotatable bonds is 8. The summed E-state index contributed by atoms with van der Waals surface area (Å²) >= 11 is 0. The zero-order chi connectivity index (χ0) is 24.4. The van der Waals surface area contributed by atoms with Crippen molar-refractivity contribution in [3.05, 3.63) is 35.9 Å². The molecule has 0 aromatic heterocycles. The topological polar surface area (TPSA) is 99.2 Å². The molecule has 1 aromatic carbocycles. The highest BCUT2D eigenvalue weighted by Gasteiger charge is 2.80. The SMILES string of the molecule is CCOC(=O)C1(C(=O)OCC)N(S(C)(=O)=O)[C@@H](c2ccccc2)[C@H]2CCCO[C@]21CC(C)C. The molecular formula is C24H35NO7S. The van der Waals surface area contributed by atoms with Crippen molar-refractivity contribution in [3.8, 4) is 0 Å². The molecule has 3 atom stereocenters. The Morgan fingerprint density at radius 2 is 1.70 bits per heavy atom. The molecule has 2 aliphatic rings. The van der Waals surface area contributed by atoms with Crippen molar-refractivity contribution in [1.29, 1.82) is 0 Å². The van der Waals surface area contributed by atoms with Gasteiger partial charge in [-0.25, -0.2) is 18.0 Å². The predicted molar refractivity (Wildman–Crippen MR) is 123 cm³/mol. The largest absolute Gasteiger partial charge is 0.464 e. The van der Waals surface area contributed by atoms with Crippen LogP contribution >= 0.6 is 0 Å². The number of fused-ring (bicyclic) bond motifs is 1. The Balaban J connectivity index is 2.46. The lowest BCUT2D eigenvalue weighted by Gasteiger charge is -2.48. The van der Waals surface area contributed by atoms with Crippen LogP contribution in [0.1, 0.15) is 58.6 Å². The Labute approximate surface area is 196 Å². The van der Waals surface area contributed by atoms with E-state index in [1.165, 1.54) is 0 Å². The van der Waals surface area contributed by atoms with Crippen molar-refractivity contribution in [2.24, 2.45) is 11.8 Å². The maximum absolute atomic E-state index is 13.8. The zero-order valence-corrected chi connectivity index (χ0v) is 20.9. The highest BCUT2D eigenvalue weighted by molar-refractivity contribution is 7.88. The van der Waals surface area contributed by atoms with Crippen molar-refractivity contribution in [2.75, 3.05) is 26.1 Å². The van der Waals surface area contributed by atoms with Gasteiger partial charge < -0.3 is 14.2 Å². The van der Waals surface area contributed by atoms with Gasteiger partial charge in [-0.2, -0.15) is 4.31 Å². The Bertz CT molecular complexity index is 944. The number of benzene rings is 1. The average Bonchev–Trinajstić information content (AvgIpc) is 3.02. The average molecular weight is 482 g/mol. The van der Waals surface area contributed by atoms with E-state index in [9.17, 15) is 18.0 Å². The second-order valence-corrected chi connectivity index (χ2v) is 11.0. The smallest absolute Gasteiger partial charge is 0.342 e. The normalized spacial score (nSPS) is 27.2. The van der Waals surface area contributed by atoms with Gasteiger partial charge in [0.05, 0.1) is 25.5 Å². The minimum atomic E-state index is -4.11. The van der Waals surface area contributed by atoms with Crippen molar-refractivity contribution in [1.82, 2.24) is 4.31 Å². The molecule has 2 fully saturated rings. The molecule has 0 unspecified atom stereocenters. The van der Waals surface area contributed by atoms with Gasteiger partial charge in [0.1, 0.15) is 5.60 Å². The van der Waals surface area contributed by atoms with Crippen molar-refractivity contribution in [3.63, 3.8) is 0 Å². The summed E-state index contributed by atoms with van der Waals surface area (Å²) < 4.78 is 45.3. The van der Waals surface area contributed by atoms with Crippen molar-refractivity contribution >= 4 is 22.0 Å². The fourth-order valence-corrected chi connectivity index (χ4v) is 7.24. The molecule has 0 amide bonds. The van der Waals surface area contributed by atoms with E-state index in [-0.39, 0.29) is 19.1 Å². The summed E-state index contributed by atoms with van der Waals surface area (Å²) in [5.41, 5.74) is -3.02. The number of nitrogens with zero attached hydrogens (tertiary/aromatic N) is 1. The van der Waals surface area contributed by atoms with Gasteiger partial charge in [-0.3, -0.25) is 0 Å². The molecule has 3 rings (SSSR count). The van der Waals surface area contributed by atoms with E-state index in [2.05, 4.69) is 0 Å². The molecule has 0 aliphatic carbocycles. The first-order valence-electron chi connectivity index (χ1n) is 11.6. The molecule has 1 aromatic rings. The van der Waals surface area contributed by atoms with Crippen molar-refractivity contribution < 1.29 is 32.2 Å². The van der Waals surface area contributed by atoms with Crippen LogP contribution in [0, 0.1) is 11.8 Å². The lowest BCUT2D eigenvalue weighted by Crippen LogP contribution is -2.72. The van der Waals surface area contributed by atoms with Gasteiger partial charge in [0, 0.05) is 12.5 Å². The minimum Gasteiger partial charge on any atom is -0.464 e. The van der Waals surface area contributed by atoms with Gasteiger partial charge >= 0.3 is 11.9 Å². The molecule has 9 heteroatoms. The fourth-order valence-electron chi connectivity index (χ4n) is 5.76. The molecule has 2 aliphatic heterocycles. The minimum absolute atomic E-state index is 0.00441. The van der Waals surface area contributed by atoms with E-state index < -0.39 is 45.1 Å². The summed E-state index contributed by atoms with van der Waals surface area (Å²) in [7, 11) is -4.11. The van der Waals surface area contributed by atoms with Crippen LogP contribution in [0.15, 0.2) is 30.3 Å². The summed E-state index contributed by atoms with van der Waals surface area (Å²) in [6, 6.07) is 8.34. The second kappa shape index (κ2) is 9.72. The lowest BCUT2D eigenvalue weighted by atomic mass is 9.66. The number of sulfonamides is 1. The first-order chi connectivity index (χ1) is 15.6. The third kappa shape index (κ3) is 4.08. The number of esters is 2.